The summed E-state index contributed by atoms with van der Waals surface area (Å²) >= 11 is 9.60. The van der Waals surface area contributed by atoms with Crippen LogP contribution in [0.1, 0.15) is 35.1 Å². The minimum Gasteiger partial charge on any atom is -0.252 e. The summed E-state index contributed by atoms with van der Waals surface area (Å²) in [6.07, 6.45) is 1.02. The van der Waals surface area contributed by atoms with Gasteiger partial charge < -0.3 is 0 Å². The summed E-state index contributed by atoms with van der Waals surface area (Å²) in [6, 6.07) is 18.1. The van der Waals surface area contributed by atoms with Gasteiger partial charge in [-0.05, 0) is 54.3 Å². The Morgan fingerprint density at radius 2 is 1.91 bits per heavy atom. The van der Waals surface area contributed by atoms with Gasteiger partial charge in [0.25, 0.3) is 0 Å². The first kappa shape index (κ1) is 14.7. The Balaban J connectivity index is 1.69. The molecule has 1 saturated carbocycles. The van der Waals surface area contributed by atoms with Gasteiger partial charge in [-0.2, -0.15) is 5.26 Å². The van der Waals surface area contributed by atoms with Gasteiger partial charge in [0.1, 0.15) is 0 Å². The molecule has 112 valence electrons. The summed E-state index contributed by atoms with van der Waals surface area (Å²) in [6.45, 7) is 0. The van der Waals surface area contributed by atoms with Crippen molar-refractivity contribution in [3.63, 3.8) is 0 Å². The topological polar surface area (TPSA) is 36.7 Å². The molecule has 1 fully saturated rings. The lowest BCUT2D eigenvalue weighted by Gasteiger charge is -2.06. The third kappa shape index (κ3) is 2.73. The summed E-state index contributed by atoms with van der Waals surface area (Å²) < 4.78 is 1.03. The van der Waals surface area contributed by atoms with Crippen LogP contribution in [0, 0.1) is 11.3 Å². The van der Waals surface area contributed by atoms with Gasteiger partial charge in [-0.25, -0.2) is 0 Å². The molecule has 4 heteroatoms. The first-order valence-corrected chi connectivity index (χ1v) is 8.58. The van der Waals surface area contributed by atoms with E-state index in [1.54, 1.807) is 12.1 Å². The zero-order valence-corrected chi connectivity index (χ0v) is 14.5. The second-order valence-corrected chi connectivity index (χ2v) is 7.22. The van der Waals surface area contributed by atoms with E-state index in [1.807, 2.05) is 18.2 Å². The minimum atomic E-state index is 0.334. The van der Waals surface area contributed by atoms with Crippen LogP contribution in [0.25, 0.3) is 10.9 Å². The van der Waals surface area contributed by atoms with Gasteiger partial charge in [0.05, 0.1) is 17.1 Å². The van der Waals surface area contributed by atoms with Crippen LogP contribution in [0.4, 0.5) is 0 Å². The Labute approximate surface area is 147 Å². The van der Waals surface area contributed by atoms with Crippen molar-refractivity contribution in [2.75, 3.05) is 0 Å². The lowest BCUT2D eigenvalue weighted by atomic mass is 10.0. The normalized spacial score (nSPS) is 19.5. The van der Waals surface area contributed by atoms with Crippen LogP contribution in [0.3, 0.4) is 0 Å². The zero-order chi connectivity index (χ0) is 16.0. The molecule has 0 saturated heterocycles. The molecule has 0 spiro atoms. The number of hydrogen-bond acceptors (Lipinski definition) is 2. The number of pyridine rings is 1. The fraction of sp³-hybridized carbons (Fsp3) is 0.158. The third-order valence-electron chi connectivity index (χ3n) is 4.38. The lowest BCUT2D eigenvalue weighted by Crippen LogP contribution is -1.92. The molecule has 0 aliphatic heterocycles. The number of benzene rings is 2. The van der Waals surface area contributed by atoms with E-state index in [-0.39, 0.29) is 0 Å². The molecule has 1 heterocycles. The molecule has 1 aliphatic rings. The number of hydrogen-bond donors (Lipinski definition) is 0. The SMILES string of the molecule is N#Cc1ccc(Cl)cc1[C@H]1C[C@@H]1c1ccc2ccc(Br)cc2n1. The highest BCUT2D eigenvalue weighted by molar-refractivity contribution is 9.10. The Morgan fingerprint density at radius 1 is 1.09 bits per heavy atom. The smallest absolute Gasteiger partial charge is 0.0994 e. The van der Waals surface area contributed by atoms with Crippen LogP contribution in [0.15, 0.2) is 53.0 Å². The third-order valence-corrected chi connectivity index (χ3v) is 5.11. The Hall–Kier alpha value is -1.89. The van der Waals surface area contributed by atoms with Crippen LogP contribution in [-0.2, 0) is 0 Å². The number of nitrogens with zero attached hydrogens (tertiary/aromatic N) is 2. The van der Waals surface area contributed by atoms with Crippen molar-refractivity contribution in [1.29, 1.82) is 5.26 Å². The molecular formula is C19H12BrClN2. The molecule has 0 radical (unpaired) electrons. The summed E-state index contributed by atoms with van der Waals surface area (Å²) in [5.74, 6) is 0.699. The highest BCUT2D eigenvalue weighted by Crippen LogP contribution is 2.55. The zero-order valence-electron chi connectivity index (χ0n) is 12.1. The minimum absolute atomic E-state index is 0.334. The molecule has 0 unspecified atom stereocenters. The van der Waals surface area contributed by atoms with Crippen molar-refractivity contribution >= 4 is 38.4 Å². The van der Waals surface area contributed by atoms with Crippen molar-refractivity contribution in [1.82, 2.24) is 4.98 Å². The van der Waals surface area contributed by atoms with Gasteiger partial charge in [-0.1, -0.05) is 39.7 Å². The molecule has 3 aromatic rings. The van der Waals surface area contributed by atoms with Gasteiger partial charge >= 0.3 is 0 Å². The fourth-order valence-corrected chi connectivity index (χ4v) is 3.65. The quantitative estimate of drug-likeness (QED) is 0.561. The lowest BCUT2D eigenvalue weighted by molar-refractivity contribution is 0.976. The standard InChI is InChI=1S/C19H12BrClN2/c20-13-4-1-11-3-6-18(23-19(11)7-13)17-9-16(17)15-8-14(21)5-2-12(15)10-22/h1-8,16-17H,9H2/t16-,17+/m1/s1. The maximum Gasteiger partial charge on any atom is 0.0994 e. The number of nitriles is 1. The highest BCUT2D eigenvalue weighted by atomic mass is 79.9. The molecule has 0 bridgehead atoms. The van der Waals surface area contributed by atoms with E-state index in [0.717, 1.165) is 33.1 Å². The van der Waals surface area contributed by atoms with E-state index < -0.39 is 0 Å². The fourth-order valence-electron chi connectivity index (χ4n) is 3.12. The molecule has 4 rings (SSSR count). The van der Waals surface area contributed by atoms with Crippen LogP contribution < -0.4 is 0 Å². The van der Waals surface area contributed by atoms with Crippen molar-refractivity contribution in [2.24, 2.45) is 0 Å². The van der Waals surface area contributed by atoms with E-state index in [2.05, 4.69) is 40.2 Å². The summed E-state index contributed by atoms with van der Waals surface area (Å²) in [7, 11) is 0. The average Bonchev–Trinajstić information content (AvgIpc) is 3.34. The Bertz CT molecular complexity index is 961. The second kappa shape index (κ2) is 5.63. The van der Waals surface area contributed by atoms with Crippen LogP contribution in [0.2, 0.25) is 5.02 Å². The van der Waals surface area contributed by atoms with Crippen molar-refractivity contribution in [2.45, 2.75) is 18.3 Å². The van der Waals surface area contributed by atoms with E-state index in [0.29, 0.717) is 22.4 Å². The summed E-state index contributed by atoms with van der Waals surface area (Å²) in [5, 5.41) is 11.1. The number of rotatable bonds is 2. The molecule has 2 nitrogen and oxygen atoms in total. The first-order chi connectivity index (χ1) is 11.2. The molecule has 0 N–H and O–H groups in total. The highest BCUT2D eigenvalue weighted by Gasteiger charge is 2.41. The van der Waals surface area contributed by atoms with E-state index >= 15 is 0 Å². The Kier molecular flexibility index (Phi) is 3.60. The van der Waals surface area contributed by atoms with Gasteiger partial charge in [-0.3, -0.25) is 4.98 Å². The molecule has 1 aliphatic carbocycles. The second-order valence-electron chi connectivity index (χ2n) is 5.87. The maximum atomic E-state index is 9.30. The largest absolute Gasteiger partial charge is 0.252 e. The molecule has 1 aromatic heterocycles. The van der Waals surface area contributed by atoms with Gasteiger partial charge in [0.15, 0.2) is 0 Å². The van der Waals surface area contributed by atoms with Gasteiger partial charge in [0.2, 0.25) is 0 Å². The number of aromatic nitrogens is 1. The summed E-state index contributed by atoms with van der Waals surface area (Å²) in [5.41, 5.74) is 3.84. The monoisotopic (exact) mass is 382 g/mol. The van der Waals surface area contributed by atoms with Crippen molar-refractivity contribution in [3.8, 4) is 6.07 Å². The van der Waals surface area contributed by atoms with E-state index in [9.17, 15) is 5.26 Å². The van der Waals surface area contributed by atoms with Gasteiger partial charge in [-0.15, -0.1) is 0 Å². The van der Waals surface area contributed by atoms with Crippen molar-refractivity contribution < 1.29 is 0 Å². The van der Waals surface area contributed by atoms with Crippen LogP contribution in [-0.4, -0.2) is 4.98 Å². The first-order valence-electron chi connectivity index (χ1n) is 7.41. The average molecular weight is 384 g/mol. The van der Waals surface area contributed by atoms with E-state index in [1.165, 1.54) is 0 Å². The van der Waals surface area contributed by atoms with Crippen LogP contribution in [0.5, 0.6) is 0 Å². The van der Waals surface area contributed by atoms with Crippen molar-refractivity contribution in [3.05, 3.63) is 74.8 Å². The molecule has 0 amide bonds. The van der Waals surface area contributed by atoms with Crippen LogP contribution >= 0.6 is 27.5 Å². The molecule has 2 atom stereocenters. The number of fused-ring (bicyclic) bond motifs is 1. The predicted octanol–water partition coefficient (Wildman–Crippen LogP) is 5.79. The summed E-state index contributed by atoms with van der Waals surface area (Å²) in [4.78, 5) is 4.81. The van der Waals surface area contributed by atoms with Gasteiger partial charge in [0, 0.05) is 26.5 Å². The maximum absolute atomic E-state index is 9.30. The van der Waals surface area contributed by atoms with E-state index in [4.69, 9.17) is 16.6 Å². The molecule has 2 aromatic carbocycles. The number of halogens is 2. The molecular weight excluding hydrogens is 372 g/mol. The predicted molar refractivity (Wildman–Crippen MR) is 95.7 cm³/mol. The molecule has 23 heavy (non-hydrogen) atoms. The Morgan fingerprint density at radius 3 is 2.74 bits per heavy atom.